The van der Waals surface area contributed by atoms with Gasteiger partial charge in [-0.05, 0) is 61.2 Å². The van der Waals surface area contributed by atoms with Crippen LogP contribution in [0.1, 0.15) is 42.6 Å². The van der Waals surface area contributed by atoms with Crippen LogP contribution in [0.25, 0.3) is 0 Å². The number of benzene rings is 2. The molecule has 1 saturated carbocycles. The Kier molecular flexibility index (Phi) is 8.88. The van der Waals surface area contributed by atoms with E-state index in [4.69, 9.17) is 16.3 Å². The molecule has 3 aromatic rings. The van der Waals surface area contributed by atoms with Crippen LogP contribution in [0.3, 0.4) is 0 Å². The Morgan fingerprint density at radius 3 is 2.32 bits per heavy atom. The fraction of sp³-hybridized carbons (Fsp3) is 0.407. The average molecular weight is 596 g/mol. The lowest BCUT2D eigenvalue weighted by Crippen LogP contribution is -2.39. The van der Waals surface area contributed by atoms with Gasteiger partial charge in [-0.2, -0.15) is 28.1 Å². The fourth-order valence-corrected chi connectivity index (χ4v) is 4.26. The second-order valence-corrected chi connectivity index (χ2v) is 11.0. The highest BCUT2D eigenvalue weighted by molar-refractivity contribution is 6.30. The van der Waals surface area contributed by atoms with Crippen molar-refractivity contribution in [3.8, 4) is 6.01 Å². The van der Waals surface area contributed by atoms with E-state index in [-0.39, 0.29) is 28.6 Å². The number of hydrogen-bond acceptors (Lipinski definition) is 8. The van der Waals surface area contributed by atoms with Crippen molar-refractivity contribution in [3.05, 3.63) is 64.4 Å². The number of amides is 1. The standard InChI is InChI=1S/C27H30ClF4N7O2/c1-25(2,13-33-3)14-34-21(40)19-9-8-18(12-20(19)29)35-22-36-23(38-24(37-22)41-15-27(30,31)32)39-26(10-11-26)16-4-6-17(28)7-5-16/h4-9,12,33H,10-11,13-15H2,1-3H3,(H,34,40)(H2,35,36,37,38,39). The molecule has 4 rings (SSSR count). The molecule has 0 aliphatic heterocycles. The van der Waals surface area contributed by atoms with Gasteiger partial charge in [0, 0.05) is 23.8 Å². The number of nitrogens with zero attached hydrogens (tertiary/aromatic N) is 3. The first kappa shape index (κ1) is 30.3. The van der Waals surface area contributed by atoms with Gasteiger partial charge >= 0.3 is 12.2 Å². The minimum Gasteiger partial charge on any atom is -0.454 e. The predicted octanol–water partition coefficient (Wildman–Crippen LogP) is 5.43. The number of aromatic nitrogens is 3. The Labute approximate surface area is 239 Å². The van der Waals surface area contributed by atoms with Crippen LogP contribution in [0.15, 0.2) is 42.5 Å². The molecule has 1 aromatic heterocycles. The van der Waals surface area contributed by atoms with Crippen molar-refractivity contribution >= 4 is 35.1 Å². The average Bonchev–Trinajstić information content (AvgIpc) is 3.66. The van der Waals surface area contributed by atoms with Gasteiger partial charge in [0.15, 0.2) is 6.61 Å². The van der Waals surface area contributed by atoms with Crippen molar-refractivity contribution in [2.45, 2.75) is 38.4 Å². The molecule has 1 heterocycles. The summed E-state index contributed by atoms with van der Waals surface area (Å²) in [6.45, 7) is 3.28. The molecule has 1 amide bonds. The van der Waals surface area contributed by atoms with Gasteiger partial charge in [0.2, 0.25) is 11.9 Å². The van der Waals surface area contributed by atoms with Crippen molar-refractivity contribution in [3.63, 3.8) is 0 Å². The number of hydrogen-bond donors (Lipinski definition) is 4. The molecular weight excluding hydrogens is 566 g/mol. The first-order valence-corrected chi connectivity index (χ1v) is 13.1. The quantitative estimate of drug-likeness (QED) is 0.205. The summed E-state index contributed by atoms with van der Waals surface area (Å²) in [5.74, 6) is -1.60. The molecule has 0 unspecified atom stereocenters. The molecule has 0 saturated heterocycles. The number of anilines is 3. The molecule has 0 spiro atoms. The van der Waals surface area contributed by atoms with Gasteiger partial charge in [0.25, 0.3) is 5.91 Å². The summed E-state index contributed by atoms with van der Waals surface area (Å²) in [6.07, 6.45) is -3.16. The molecule has 1 aliphatic rings. The molecule has 1 aliphatic carbocycles. The van der Waals surface area contributed by atoms with E-state index in [1.807, 2.05) is 26.0 Å². The molecule has 9 nitrogen and oxygen atoms in total. The van der Waals surface area contributed by atoms with E-state index in [1.54, 1.807) is 19.2 Å². The van der Waals surface area contributed by atoms with Gasteiger partial charge in [0.05, 0.1) is 11.1 Å². The lowest BCUT2D eigenvalue weighted by atomic mass is 9.93. The Morgan fingerprint density at radius 2 is 1.71 bits per heavy atom. The Balaban J connectivity index is 1.53. The highest BCUT2D eigenvalue weighted by atomic mass is 35.5. The maximum Gasteiger partial charge on any atom is 0.422 e. The number of nitrogens with one attached hydrogen (secondary N) is 4. The molecule has 2 aromatic carbocycles. The van der Waals surface area contributed by atoms with E-state index in [1.165, 1.54) is 12.1 Å². The van der Waals surface area contributed by atoms with E-state index in [0.29, 0.717) is 18.1 Å². The van der Waals surface area contributed by atoms with E-state index in [0.717, 1.165) is 24.5 Å². The van der Waals surface area contributed by atoms with Crippen molar-refractivity contribution in [1.29, 1.82) is 0 Å². The van der Waals surface area contributed by atoms with Gasteiger partial charge in [0.1, 0.15) is 5.82 Å². The predicted molar refractivity (Wildman–Crippen MR) is 147 cm³/mol. The molecule has 220 valence electrons. The largest absolute Gasteiger partial charge is 0.454 e. The molecule has 0 radical (unpaired) electrons. The highest BCUT2D eigenvalue weighted by Gasteiger charge is 2.45. The van der Waals surface area contributed by atoms with Gasteiger partial charge in [-0.3, -0.25) is 4.79 Å². The van der Waals surface area contributed by atoms with Gasteiger partial charge < -0.3 is 26.0 Å². The third kappa shape index (κ3) is 8.40. The molecule has 0 atom stereocenters. The molecule has 41 heavy (non-hydrogen) atoms. The van der Waals surface area contributed by atoms with Gasteiger partial charge in [-0.15, -0.1) is 0 Å². The Morgan fingerprint density at radius 1 is 1.02 bits per heavy atom. The third-order valence-corrected chi connectivity index (χ3v) is 6.58. The SMILES string of the molecule is CNCC(C)(C)CNC(=O)c1ccc(Nc2nc(NC3(c4ccc(Cl)cc4)CC3)nc(OCC(F)(F)F)n2)cc1F. The normalized spacial score (nSPS) is 14.3. The van der Waals surface area contributed by atoms with Crippen LogP contribution in [0.4, 0.5) is 35.1 Å². The van der Waals surface area contributed by atoms with Crippen LogP contribution in [0, 0.1) is 11.2 Å². The summed E-state index contributed by atoms with van der Waals surface area (Å²) in [4.78, 5) is 24.7. The van der Waals surface area contributed by atoms with Gasteiger partial charge in [-0.1, -0.05) is 37.6 Å². The minimum atomic E-state index is -4.61. The smallest absolute Gasteiger partial charge is 0.422 e. The molecule has 0 bridgehead atoms. The lowest BCUT2D eigenvalue weighted by Gasteiger charge is -2.24. The summed E-state index contributed by atoms with van der Waals surface area (Å²) < 4.78 is 58.1. The first-order valence-electron chi connectivity index (χ1n) is 12.8. The summed E-state index contributed by atoms with van der Waals surface area (Å²) in [5, 5.41) is 12.2. The number of alkyl halides is 3. The van der Waals surface area contributed by atoms with Crippen LogP contribution in [-0.2, 0) is 5.54 Å². The van der Waals surface area contributed by atoms with E-state index in [2.05, 4.69) is 36.2 Å². The zero-order valence-corrected chi connectivity index (χ0v) is 23.4. The monoisotopic (exact) mass is 595 g/mol. The van der Waals surface area contributed by atoms with E-state index >= 15 is 0 Å². The van der Waals surface area contributed by atoms with Crippen LogP contribution >= 0.6 is 11.6 Å². The molecular formula is C27H30ClF4N7O2. The number of carbonyl (C=O) groups excluding carboxylic acids is 1. The number of carbonyl (C=O) groups is 1. The number of rotatable bonds is 12. The van der Waals surface area contributed by atoms with Crippen molar-refractivity contribution in [1.82, 2.24) is 25.6 Å². The topological polar surface area (TPSA) is 113 Å². The number of halogens is 5. The Hall–Kier alpha value is -3.71. The van der Waals surface area contributed by atoms with Crippen LogP contribution in [-0.4, -0.2) is 53.8 Å². The highest BCUT2D eigenvalue weighted by Crippen LogP contribution is 2.48. The van der Waals surface area contributed by atoms with Crippen LogP contribution in [0.5, 0.6) is 6.01 Å². The van der Waals surface area contributed by atoms with E-state index < -0.39 is 36.1 Å². The van der Waals surface area contributed by atoms with Crippen molar-refractivity contribution in [2.24, 2.45) is 5.41 Å². The van der Waals surface area contributed by atoms with Gasteiger partial charge in [-0.25, -0.2) is 4.39 Å². The fourth-order valence-electron chi connectivity index (χ4n) is 4.13. The second-order valence-electron chi connectivity index (χ2n) is 10.6. The maximum atomic E-state index is 14.9. The molecule has 14 heteroatoms. The maximum absolute atomic E-state index is 14.9. The third-order valence-electron chi connectivity index (χ3n) is 6.33. The second kappa shape index (κ2) is 12.0. The van der Waals surface area contributed by atoms with Crippen LogP contribution in [0.2, 0.25) is 5.02 Å². The summed E-state index contributed by atoms with van der Waals surface area (Å²) in [5.41, 5.74) is 0.118. The zero-order chi connectivity index (χ0) is 29.8. The summed E-state index contributed by atoms with van der Waals surface area (Å²) >= 11 is 5.99. The minimum absolute atomic E-state index is 0.0345. The first-order chi connectivity index (χ1) is 19.3. The number of ether oxygens (including phenoxy) is 1. The lowest BCUT2D eigenvalue weighted by molar-refractivity contribution is -0.154. The van der Waals surface area contributed by atoms with E-state index in [9.17, 15) is 22.4 Å². The zero-order valence-electron chi connectivity index (χ0n) is 22.6. The summed E-state index contributed by atoms with van der Waals surface area (Å²) in [6, 6.07) is 10.4. The van der Waals surface area contributed by atoms with Crippen molar-refractivity contribution in [2.75, 3.05) is 37.4 Å². The molecule has 1 fully saturated rings. The Bertz CT molecular complexity index is 1380. The van der Waals surface area contributed by atoms with Crippen LogP contribution < -0.4 is 26.0 Å². The molecule has 4 N–H and O–H groups in total. The van der Waals surface area contributed by atoms with Crippen molar-refractivity contribution < 1.29 is 27.1 Å². The summed E-state index contributed by atoms with van der Waals surface area (Å²) in [7, 11) is 1.80.